The van der Waals surface area contributed by atoms with Crippen LogP contribution in [0.25, 0.3) is 0 Å². The number of aliphatic hydroxyl groups is 2. The van der Waals surface area contributed by atoms with Crippen molar-refractivity contribution >= 4 is 11.9 Å². The summed E-state index contributed by atoms with van der Waals surface area (Å²) in [7, 11) is 0. The number of ether oxygens (including phenoxy) is 1. The molecule has 0 aliphatic rings. The van der Waals surface area contributed by atoms with Gasteiger partial charge in [0.25, 0.3) is 0 Å². The highest BCUT2D eigenvalue weighted by Gasteiger charge is 2.24. The smallest absolute Gasteiger partial charge is 0.306 e. The van der Waals surface area contributed by atoms with Gasteiger partial charge in [0.15, 0.2) is 0 Å². The van der Waals surface area contributed by atoms with E-state index in [0.717, 1.165) is 89.9 Å². The molecule has 0 aliphatic carbocycles. The number of carbonyl (C=O) groups excluding carboxylic acids is 2. The number of aliphatic hydroxyl groups excluding tert-OH is 2. The van der Waals surface area contributed by atoms with Gasteiger partial charge in [0.1, 0.15) is 6.10 Å². The molecule has 366 valence electrons. The van der Waals surface area contributed by atoms with Gasteiger partial charge in [-0.05, 0) is 70.6 Å². The van der Waals surface area contributed by atoms with Crippen molar-refractivity contribution in [2.24, 2.45) is 0 Å². The Hall–Kier alpha value is -2.44. The topological polar surface area (TPSA) is 95.9 Å². The van der Waals surface area contributed by atoms with Gasteiger partial charge in [-0.1, -0.05) is 242 Å². The van der Waals surface area contributed by atoms with Crippen LogP contribution in [0.15, 0.2) is 60.8 Å². The van der Waals surface area contributed by atoms with Gasteiger partial charge >= 0.3 is 5.97 Å². The fraction of sp³-hybridized carbons (Fsp3) is 0.789. The maximum Gasteiger partial charge on any atom is 0.306 e. The van der Waals surface area contributed by atoms with E-state index in [1.807, 2.05) is 18.2 Å². The van der Waals surface area contributed by atoms with Crippen LogP contribution in [0.4, 0.5) is 0 Å². The normalized spacial score (nSPS) is 13.7. The molecule has 0 aromatic rings. The van der Waals surface area contributed by atoms with E-state index in [4.69, 9.17) is 4.74 Å². The van der Waals surface area contributed by atoms with E-state index in [2.05, 4.69) is 68.6 Å². The number of rotatable bonds is 48. The zero-order valence-corrected chi connectivity index (χ0v) is 41.7. The summed E-state index contributed by atoms with van der Waals surface area (Å²) in [4.78, 5) is 26.2. The number of hydrogen-bond donors (Lipinski definition) is 3. The van der Waals surface area contributed by atoms with Crippen LogP contribution in [0.1, 0.15) is 265 Å². The lowest BCUT2D eigenvalue weighted by Gasteiger charge is -2.24. The van der Waals surface area contributed by atoms with E-state index < -0.39 is 18.2 Å². The van der Waals surface area contributed by atoms with Gasteiger partial charge in [0.2, 0.25) is 5.91 Å². The molecule has 6 heteroatoms. The number of allylic oxidation sites excluding steroid dienone is 10. The highest BCUT2D eigenvalue weighted by atomic mass is 16.5. The van der Waals surface area contributed by atoms with Crippen molar-refractivity contribution in [3.05, 3.63) is 60.8 Å². The van der Waals surface area contributed by atoms with Crippen LogP contribution < -0.4 is 5.32 Å². The van der Waals surface area contributed by atoms with E-state index in [1.54, 1.807) is 0 Å². The van der Waals surface area contributed by atoms with E-state index in [-0.39, 0.29) is 24.9 Å². The molecule has 3 atom stereocenters. The van der Waals surface area contributed by atoms with Crippen molar-refractivity contribution in [1.29, 1.82) is 0 Å². The van der Waals surface area contributed by atoms with Crippen molar-refractivity contribution in [3.8, 4) is 0 Å². The Kier molecular flexibility index (Phi) is 48.6. The lowest BCUT2D eigenvalue weighted by atomic mass is 10.0. The molecule has 0 heterocycles. The average Bonchev–Trinajstić information content (AvgIpc) is 3.28. The van der Waals surface area contributed by atoms with E-state index >= 15 is 0 Å². The first kappa shape index (κ1) is 60.6. The molecule has 3 N–H and O–H groups in total. The molecule has 0 saturated heterocycles. The Bertz CT molecular complexity index is 1130. The molecule has 0 radical (unpaired) electrons. The molecular weight excluding hydrogens is 779 g/mol. The first-order valence-electron chi connectivity index (χ1n) is 27.1. The van der Waals surface area contributed by atoms with Crippen LogP contribution in [0.5, 0.6) is 0 Å². The van der Waals surface area contributed by atoms with Gasteiger partial charge in [-0.15, -0.1) is 0 Å². The molecule has 63 heavy (non-hydrogen) atoms. The van der Waals surface area contributed by atoms with Crippen LogP contribution in [0.2, 0.25) is 0 Å². The Balaban J connectivity index is 4.57. The van der Waals surface area contributed by atoms with Gasteiger partial charge in [0.05, 0.1) is 25.2 Å². The SMILES string of the molecule is CC/C=C/C=C/C=C/C=C\CCCCCCCC(=O)OC(CCCCCCC/C=C\CCCCCC)CC(=O)NC(CO)C(O)CCCCCCCCCCCCCCCCCC. The Morgan fingerprint density at radius 2 is 0.873 bits per heavy atom. The molecule has 0 aromatic heterocycles. The van der Waals surface area contributed by atoms with Crippen LogP contribution in [0, 0.1) is 0 Å². The van der Waals surface area contributed by atoms with Crippen molar-refractivity contribution in [3.63, 3.8) is 0 Å². The van der Waals surface area contributed by atoms with Crippen LogP contribution >= 0.6 is 0 Å². The number of unbranched alkanes of at least 4 members (excludes halogenated alkanes) is 29. The lowest BCUT2D eigenvalue weighted by molar-refractivity contribution is -0.151. The molecule has 0 saturated carbocycles. The zero-order chi connectivity index (χ0) is 45.9. The van der Waals surface area contributed by atoms with Gasteiger partial charge in [-0.3, -0.25) is 9.59 Å². The molecular formula is C57H103NO5. The maximum absolute atomic E-state index is 13.2. The third-order valence-corrected chi connectivity index (χ3v) is 12.2. The summed E-state index contributed by atoms with van der Waals surface area (Å²) in [5.74, 6) is -0.505. The van der Waals surface area contributed by atoms with E-state index in [1.165, 1.54) is 128 Å². The van der Waals surface area contributed by atoms with Gasteiger partial charge in [0, 0.05) is 6.42 Å². The molecule has 0 aliphatic heterocycles. The van der Waals surface area contributed by atoms with Gasteiger partial charge < -0.3 is 20.3 Å². The molecule has 0 aromatic carbocycles. The molecule has 0 fully saturated rings. The van der Waals surface area contributed by atoms with E-state index in [0.29, 0.717) is 19.3 Å². The maximum atomic E-state index is 13.2. The predicted octanol–water partition coefficient (Wildman–Crippen LogP) is 16.4. The highest BCUT2D eigenvalue weighted by molar-refractivity contribution is 5.77. The number of hydrogen-bond acceptors (Lipinski definition) is 5. The summed E-state index contributed by atoms with van der Waals surface area (Å²) in [6, 6.07) is -0.710. The summed E-state index contributed by atoms with van der Waals surface area (Å²) in [6.45, 7) is 6.34. The fourth-order valence-electron chi connectivity index (χ4n) is 8.08. The Labute approximate surface area is 390 Å². The number of amides is 1. The van der Waals surface area contributed by atoms with Crippen molar-refractivity contribution in [1.82, 2.24) is 5.32 Å². The quantitative estimate of drug-likeness (QED) is 0.0245. The van der Waals surface area contributed by atoms with Gasteiger partial charge in [-0.2, -0.15) is 0 Å². The van der Waals surface area contributed by atoms with Crippen molar-refractivity contribution in [2.45, 2.75) is 283 Å². The summed E-state index contributed by atoms with van der Waals surface area (Å²) in [6.07, 6.45) is 62.8. The number of esters is 1. The molecule has 0 bridgehead atoms. The minimum absolute atomic E-state index is 0.0615. The molecule has 0 rings (SSSR count). The van der Waals surface area contributed by atoms with Gasteiger partial charge in [-0.25, -0.2) is 0 Å². The second-order valence-corrected chi connectivity index (χ2v) is 18.3. The molecule has 6 nitrogen and oxygen atoms in total. The average molecular weight is 882 g/mol. The van der Waals surface area contributed by atoms with Crippen LogP contribution in [0.3, 0.4) is 0 Å². The standard InChI is InChI=1S/C57H103NO5/c1-4-7-10-13-16-19-22-25-27-29-31-34-37-40-43-46-49-55(60)54(52-59)58-56(61)51-53(48-45-42-39-36-33-30-24-21-18-15-12-9-6-3)63-57(62)50-47-44-41-38-35-32-28-26-23-20-17-14-11-8-5-2/h8,11,14,17,20-21,23-24,26,28,53-55,59-60H,4-7,9-10,12-13,15-16,18-19,22,25,27,29-52H2,1-3H3,(H,58,61)/b11-8+,17-14+,23-20+,24-21-,28-26-. The molecule has 3 unspecified atom stereocenters. The minimum atomic E-state index is -0.796. The molecule has 0 spiro atoms. The van der Waals surface area contributed by atoms with Crippen molar-refractivity contribution < 1.29 is 24.5 Å². The second kappa shape index (κ2) is 50.6. The lowest BCUT2D eigenvalue weighted by Crippen LogP contribution is -2.46. The number of carbonyl (C=O) groups is 2. The summed E-state index contributed by atoms with van der Waals surface area (Å²) >= 11 is 0. The molecule has 1 amide bonds. The van der Waals surface area contributed by atoms with E-state index in [9.17, 15) is 19.8 Å². The fourth-order valence-corrected chi connectivity index (χ4v) is 8.08. The highest BCUT2D eigenvalue weighted by Crippen LogP contribution is 2.18. The van der Waals surface area contributed by atoms with Crippen LogP contribution in [-0.2, 0) is 14.3 Å². The Morgan fingerprint density at radius 3 is 1.37 bits per heavy atom. The number of nitrogens with one attached hydrogen (secondary N) is 1. The monoisotopic (exact) mass is 882 g/mol. The van der Waals surface area contributed by atoms with Crippen molar-refractivity contribution in [2.75, 3.05) is 6.61 Å². The third-order valence-electron chi connectivity index (χ3n) is 12.2. The minimum Gasteiger partial charge on any atom is -0.462 e. The second-order valence-electron chi connectivity index (χ2n) is 18.3. The third kappa shape index (κ3) is 45.9. The summed E-state index contributed by atoms with van der Waals surface area (Å²) in [5, 5.41) is 23.8. The first-order valence-corrected chi connectivity index (χ1v) is 27.1. The first-order chi connectivity index (χ1) is 31.0. The van der Waals surface area contributed by atoms with Crippen LogP contribution in [-0.4, -0.2) is 46.9 Å². The largest absolute Gasteiger partial charge is 0.462 e. The Morgan fingerprint density at radius 1 is 0.476 bits per heavy atom. The predicted molar refractivity (Wildman–Crippen MR) is 273 cm³/mol. The summed E-state index contributed by atoms with van der Waals surface area (Å²) in [5.41, 5.74) is 0. The summed E-state index contributed by atoms with van der Waals surface area (Å²) < 4.78 is 5.93. The zero-order valence-electron chi connectivity index (χ0n) is 41.7.